The van der Waals surface area contributed by atoms with E-state index in [4.69, 9.17) is 0 Å². The van der Waals surface area contributed by atoms with E-state index in [2.05, 4.69) is 64.2 Å². The predicted octanol–water partition coefficient (Wildman–Crippen LogP) is 5.05. The average molecular weight is 233 g/mol. The minimum absolute atomic E-state index is 0.404. The largest absolute Gasteiger partial charge is 0.385 e. The highest BCUT2D eigenvalue weighted by Gasteiger charge is 2.18. The van der Waals surface area contributed by atoms with E-state index in [0.29, 0.717) is 11.3 Å². The summed E-state index contributed by atoms with van der Waals surface area (Å²) in [5, 5.41) is 3.34. The Morgan fingerprint density at radius 2 is 1.65 bits per heavy atom. The van der Waals surface area contributed by atoms with Crippen molar-refractivity contribution in [1.29, 1.82) is 0 Å². The Balaban J connectivity index is 2.75. The monoisotopic (exact) mass is 233 g/mol. The Bertz CT molecular complexity index is 318. The van der Waals surface area contributed by atoms with Crippen molar-refractivity contribution in [3.8, 4) is 0 Å². The van der Waals surface area contributed by atoms with Crippen molar-refractivity contribution in [1.82, 2.24) is 0 Å². The van der Waals surface area contributed by atoms with Crippen LogP contribution in [0.4, 0.5) is 5.69 Å². The van der Waals surface area contributed by atoms with Crippen LogP contribution in [0.15, 0.2) is 24.3 Å². The zero-order valence-electron chi connectivity index (χ0n) is 12.0. The molecule has 0 bridgehead atoms. The Labute approximate surface area is 107 Å². The van der Waals surface area contributed by atoms with Crippen molar-refractivity contribution >= 4 is 5.69 Å². The molecule has 0 saturated carbocycles. The van der Waals surface area contributed by atoms with E-state index in [1.54, 1.807) is 0 Å². The second kappa shape index (κ2) is 6.09. The second-order valence-corrected chi connectivity index (χ2v) is 6.02. The van der Waals surface area contributed by atoms with E-state index in [0.717, 1.165) is 6.54 Å². The summed E-state index contributed by atoms with van der Waals surface area (Å²) >= 11 is 0. The first-order valence-corrected chi connectivity index (χ1v) is 6.80. The molecule has 1 heteroatoms. The summed E-state index contributed by atoms with van der Waals surface area (Å²) in [7, 11) is 0. The highest BCUT2D eigenvalue weighted by Crippen LogP contribution is 2.33. The van der Waals surface area contributed by atoms with Crippen LogP contribution in [0.1, 0.15) is 58.9 Å². The molecular weight excluding hydrogens is 206 g/mol. The van der Waals surface area contributed by atoms with Gasteiger partial charge in [0.05, 0.1) is 0 Å². The molecule has 1 unspecified atom stereocenters. The fourth-order valence-electron chi connectivity index (χ4n) is 2.31. The molecule has 1 rings (SSSR count). The van der Waals surface area contributed by atoms with Crippen molar-refractivity contribution in [3.05, 3.63) is 29.8 Å². The molecule has 1 nitrogen and oxygen atoms in total. The van der Waals surface area contributed by atoms with Crippen LogP contribution < -0.4 is 5.32 Å². The Kier molecular flexibility index (Phi) is 5.04. The van der Waals surface area contributed by atoms with Crippen molar-refractivity contribution in [3.63, 3.8) is 0 Å². The van der Waals surface area contributed by atoms with E-state index in [1.165, 1.54) is 24.1 Å². The van der Waals surface area contributed by atoms with Gasteiger partial charge in [-0.1, -0.05) is 39.8 Å². The van der Waals surface area contributed by atoms with Gasteiger partial charge in [0.2, 0.25) is 0 Å². The van der Waals surface area contributed by atoms with E-state index in [-0.39, 0.29) is 0 Å². The Morgan fingerprint density at radius 1 is 1.06 bits per heavy atom. The van der Waals surface area contributed by atoms with Crippen LogP contribution in [0, 0.1) is 5.41 Å². The summed E-state index contributed by atoms with van der Waals surface area (Å²) in [5.74, 6) is 0.686. The van der Waals surface area contributed by atoms with Crippen molar-refractivity contribution < 1.29 is 0 Å². The smallest absolute Gasteiger partial charge is 0.0340 e. The third-order valence-corrected chi connectivity index (χ3v) is 3.11. The molecular formula is C16H27N. The van der Waals surface area contributed by atoms with Gasteiger partial charge in [-0.05, 0) is 48.8 Å². The van der Waals surface area contributed by atoms with Crippen molar-refractivity contribution in [2.75, 3.05) is 11.9 Å². The summed E-state index contributed by atoms with van der Waals surface area (Å²) in [4.78, 5) is 0. The minimum Gasteiger partial charge on any atom is -0.385 e. The van der Waals surface area contributed by atoms with Crippen LogP contribution in [0.3, 0.4) is 0 Å². The first kappa shape index (κ1) is 14.1. The lowest BCUT2D eigenvalue weighted by atomic mass is 9.80. The van der Waals surface area contributed by atoms with E-state index in [1.807, 2.05) is 0 Å². The predicted molar refractivity (Wildman–Crippen MR) is 77.7 cm³/mol. The topological polar surface area (TPSA) is 12.0 Å². The van der Waals surface area contributed by atoms with Crippen LogP contribution in [0.2, 0.25) is 0 Å². The number of benzene rings is 1. The molecule has 0 aliphatic heterocycles. The van der Waals surface area contributed by atoms with Gasteiger partial charge in [0, 0.05) is 12.2 Å². The molecule has 0 aliphatic carbocycles. The molecule has 0 amide bonds. The fourth-order valence-corrected chi connectivity index (χ4v) is 2.31. The van der Waals surface area contributed by atoms with Crippen LogP contribution in [0.5, 0.6) is 0 Å². The van der Waals surface area contributed by atoms with Gasteiger partial charge in [-0.25, -0.2) is 0 Å². The zero-order valence-corrected chi connectivity index (χ0v) is 12.0. The average Bonchev–Trinajstić information content (AvgIpc) is 2.26. The molecule has 0 aliphatic rings. The Hall–Kier alpha value is -0.980. The maximum Gasteiger partial charge on any atom is 0.0340 e. The molecule has 0 saturated heterocycles. The maximum atomic E-state index is 3.34. The SMILES string of the molecule is CCNc1ccc(C(CC)CC(C)(C)C)cc1. The molecule has 1 atom stereocenters. The summed E-state index contributed by atoms with van der Waals surface area (Å²) in [6.45, 7) is 12.4. The van der Waals surface area contributed by atoms with Gasteiger partial charge < -0.3 is 5.32 Å². The summed E-state index contributed by atoms with van der Waals surface area (Å²) in [6, 6.07) is 8.95. The standard InChI is InChI=1S/C16H27N/c1-6-13(12-16(3,4)5)14-8-10-15(11-9-14)17-7-2/h8-11,13,17H,6-7,12H2,1-5H3. The third-order valence-electron chi connectivity index (χ3n) is 3.11. The van der Waals surface area contributed by atoms with Crippen LogP contribution in [-0.2, 0) is 0 Å². The lowest BCUT2D eigenvalue weighted by Crippen LogP contribution is -2.11. The Morgan fingerprint density at radius 3 is 2.06 bits per heavy atom. The van der Waals surface area contributed by atoms with Crippen LogP contribution >= 0.6 is 0 Å². The highest BCUT2D eigenvalue weighted by atomic mass is 14.8. The summed E-state index contributed by atoms with van der Waals surface area (Å²) in [6.07, 6.45) is 2.47. The van der Waals surface area contributed by atoms with Gasteiger partial charge in [0.25, 0.3) is 0 Å². The molecule has 96 valence electrons. The van der Waals surface area contributed by atoms with Gasteiger partial charge in [-0.3, -0.25) is 0 Å². The van der Waals surface area contributed by atoms with Gasteiger partial charge in [0.15, 0.2) is 0 Å². The number of rotatable bonds is 5. The van der Waals surface area contributed by atoms with Gasteiger partial charge in [-0.15, -0.1) is 0 Å². The first-order valence-electron chi connectivity index (χ1n) is 6.80. The van der Waals surface area contributed by atoms with Crippen molar-refractivity contribution in [2.24, 2.45) is 5.41 Å². The zero-order chi connectivity index (χ0) is 12.9. The molecule has 1 aromatic rings. The first-order chi connectivity index (χ1) is 7.96. The van der Waals surface area contributed by atoms with Crippen molar-refractivity contribution in [2.45, 2.75) is 53.4 Å². The highest BCUT2D eigenvalue weighted by molar-refractivity contribution is 5.45. The van der Waals surface area contributed by atoms with Gasteiger partial charge >= 0.3 is 0 Å². The summed E-state index contributed by atoms with van der Waals surface area (Å²) in [5.41, 5.74) is 3.10. The van der Waals surface area contributed by atoms with Gasteiger partial charge in [-0.2, -0.15) is 0 Å². The van der Waals surface area contributed by atoms with Gasteiger partial charge in [0.1, 0.15) is 0 Å². The normalized spacial score (nSPS) is 13.5. The number of hydrogen-bond donors (Lipinski definition) is 1. The molecule has 0 aromatic heterocycles. The molecule has 17 heavy (non-hydrogen) atoms. The quantitative estimate of drug-likeness (QED) is 0.750. The van der Waals surface area contributed by atoms with E-state index >= 15 is 0 Å². The lowest BCUT2D eigenvalue weighted by molar-refractivity contribution is 0.335. The molecule has 0 spiro atoms. The molecule has 1 N–H and O–H groups in total. The number of anilines is 1. The third kappa shape index (κ3) is 4.80. The van der Waals surface area contributed by atoms with E-state index < -0.39 is 0 Å². The molecule has 0 heterocycles. The number of hydrogen-bond acceptors (Lipinski definition) is 1. The number of nitrogens with one attached hydrogen (secondary N) is 1. The molecule has 0 radical (unpaired) electrons. The molecule has 1 aromatic carbocycles. The second-order valence-electron chi connectivity index (χ2n) is 6.02. The fraction of sp³-hybridized carbons (Fsp3) is 0.625. The summed E-state index contributed by atoms with van der Waals surface area (Å²) < 4.78 is 0. The minimum atomic E-state index is 0.404. The lowest BCUT2D eigenvalue weighted by Gasteiger charge is -2.25. The molecule has 0 fully saturated rings. The van der Waals surface area contributed by atoms with E-state index in [9.17, 15) is 0 Å². The maximum absolute atomic E-state index is 3.34. The van der Waals surface area contributed by atoms with Crippen LogP contribution in [0.25, 0.3) is 0 Å². The van der Waals surface area contributed by atoms with Crippen LogP contribution in [-0.4, -0.2) is 6.54 Å².